The van der Waals surface area contributed by atoms with Crippen molar-refractivity contribution in [1.29, 1.82) is 0 Å². The van der Waals surface area contributed by atoms with E-state index in [1.165, 1.54) is 0 Å². The van der Waals surface area contributed by atoms with Gasteiger partial charge in [-0.2, -0.15) is 0 Å². The van der Waals surface area contributed by atoms with E-state index in [-0.39, 0.29) is 36.8 Å². The molecule has 2 aliphatic rings. The second-order valence-corrected chi connectivity index (χ2v) is 8.17. The van der Waals surface area contributed by atoms with Crippen molar-refractivity contribution in [2.45, 2.75) is 64.1 Å². The van der Waals surface area contributed by atoms with Gasteiger partial charge >= 0.3 is 18.0 Å². The first-order valence-corrected chi connectivity index (χ1v) is 9.79. The monoisotopic (exact) mass is 446 g/mol. The number of nitrogens with one attached hydrogen (secondary N) is 1. The minimum Gasteiger partial charge on any atom is -0.465 e. The summed E-state index contributed by atoms with van der Waals surface area (Å²) in [5.41, 5.74) is 3.35. The van der Waals surface area contributed by atoms with Gasteiger partial charge in [0.05, 0.1) is 13.2 Å². The summed E-state index contributed by atoms with van der Waals surface area (Å²) in [6.45, 7) is 16.7. The van der Waals surface area contributed by atoms with Crippen LogP contribution >= 0.6 is 12.4 Å². The van der Waals surface area contributed by atoms with Crippen molar-refractivity contribution < 1.29 is 28.6 Å². The van der Waals surface area contributed by atoms with E-state index in [9.17, 15) is 14.4 Å². The highest BCUT2D eigenvalue weighted by molar-refractivity contribution is 5.90. The molecule has 4 atom stereocenters. The zero-order valence-corrected chi connectivity index (χ0v) is 19.3. The molecule has 2 fully saturated rings. The number of hydrogen-bond acceptors (Lipinski definition) is 7. The molecule has 0 aromatic heterocycles. The van der Waals surface area contributed by atoms with Crippen molar-refractivity contribution in [3.8, 4) is 0 Å². The minimum absolute atomic E-state index is 0. The van der Waals surface area contributed by atoms with Crippen LogP contribution < -0.4 is 11.1 Å². The first-order valence-electron chi connectivity index (χ1n) is 9.79. The Bertz CT molecular complexity index is 662. The third-order valence-electron chi connectivity index (χ3n) is 4.66. The van der Waals surface area contributed by atoms with Crippen molar-refractivity contribution in [3.05, 3.63) is 25.3 Å². The number of alkyl carbamates (subject to hydrolysis) is 1. The van der Waals surface area contributed by atoms with Gasteiger partial charge in [-0.05, 0) is 47.5 Å². The zero-order chi connectivity index (χ0) is 22.5. The predicted octanol–water partition coefficient (Wildman–Crippen LogP) is 2.89. The van der Waals surface area contributed by atoms with E-state index in [1.807, 2.05) is 0 Å². The van der Waals surface area contributed by atoms with Crippen LogP contribution in [0.25, 0.3) is 0 Å². The lowest BCUT2D eigenvalue weighted by molar-refractivity contribution is -0.147. The summed E-state index contributed by atoms with van der Waals surface area (Å²) in [6.07, 6.45) is 3.93. The second-order valence-electron chi connectivity index (χ2n) is 8.17. The van der Waals surface area contributed by atoms with Gasteiger partial charge in [0.15, 0.2) is 0 Å². The number of hydrogen-bond donors (Lipinski definition) is 2. The largest absolute Gasteiger partial charge is 0.465 e. The molecule has 172 valence electrons. The van der Waals surface area contributed by atoms with Crippen molar-refractivity contribution in [3.63, 3.8) is 0 Å². The Labute approximate surface area is 185 Å². The molecule has 0 heterocycles. The summed E-state index contributed by atoms with van der Waals surface area (Å²) >= 11 is 0. The van der Waals surface area contributed by atoms with Gasteiger partial charge in [0.1, 0.15) is 16.7 Å². The lowest BCUT2D eigenvalue weighted by Crippen LogP contribution is -2.47. The smallest absolute Gasteiger partial charge is 0.408 e. The third-order valence-corrected chi connectivity index (χ3v) is 4.66. The van der Waals surface area contributed by atoms with Crippen LogP contribution in [-0.4, -0.2) is 47.9 Å². The van der Waals surface area contributed by atoms with Crippen LogP contribution in [0.3, 0.4) is 0 Å². The lowest BCUT2D eigenvalue weighted by Gasteiger charge is -2.23. The van der Waals surface area contributed by atoms with Crippen molar-refractivity contribution >= 4 is 30.4 Å². The van der Waals surface area contributed by atoms with Gasteiger partial charge in [0, 0.05) is 11.8 Å². The Morgan fingerprint density at radius 3 is 1.90 bits per heavy atom. The number of ether oxygens (including phenoxy) is 3. The predicted molar refractivity (Wildman–Crippen MR) is 116 cm³/mol. The number of esters is 2. The van der Waals surface area contributed by atoms with Crippen molar-refractivity contribution in [1.82, 2.24) is 5.32 Å². The maximum atomic E-state index is 11.9. The molecule has 0 aromatic rings. The minimum atomic E-state index is -0.986. The van der Waals surface area contributed by atoms with Crippen molar-refractivity contribution in [2.24, 2.45) is 17.6 Å². The molecule has 0 saturated heterocycles. The Balaban J connectivity index is 0.000000603. The zero-order valence-electron chi connectivity index (χ0n) is 18.5. The average Bonchev–Trinajstić information content (AvgIpc) is 3.49. The number of halogens is 1. The Morgan fingerprint density at radius 1 is 1.03 bits per heavy atom. The summed E-state index contributed by atoms with van der Waals surface area (Å²) < 4.78 is 14.9. The fourth-order valence-electron chi connectivity index (χ4n) is 2.85. The van der Waals surface area contributed by atoms with Crippen LogP contribution in [-0.2, 0) is 23.8 Å². The highest BCUT2D eigenvalue weighted by atomic mass is 35.5. The molecule has 30 heavy (non-hydrogen) atoms. The van der Waals surface area contributed by atoms with E-state index < -0.39 is 28.7 Å². The molecular formula is C21H35ClN2O6. The standard InChI is InChI=1S/C13H21NO4.C8H13NO2.ClH/c1-6-9-8-13(9,10(15)17-7-2)14-11(16)18-12(3,4)5;1-3-6-5-8(6,9)7(10)11-4-2;/h6,9H,1,7-8H2,2-5H3,(H,14,16);3,6H,1,4-5,9H2,2H3;1H/t9-,13-;6-,8-;/m11./s1. The summed E-state index contributed by atoms with van der Waals surface area (Å²) in [5, 5.41) is 2.60. The van der Waals surface area contributed by atoms with E-state index in [2.05, 4.69) is 18.5 Å². The number of carbonyl (C=O) groups is 3. The molecule has 2 aliphatic carbocycles. The van der Waals surface area contributed by atoms with E-state index >= 15 is 0 Å². The van der Waals surface area contributed by atoms with Crippen LogP contribution in [0.2, 0.25) is 0 Å². The first kappa shape index (κ1) is 27.9. The third kappa shape index (κ3) is 7.02. The maximum Gasteiger partial charge on any atom is 0.408 e. The van der Waals surface area contributed by atoms with Gasteiger partial charge in [0.2, 0.25) is 0 Å². The van der Waals surface area contributed by atoms with Gasteiger partial charge in [-0.15, -0.1) is 25.6 Å². The second kappa shape index (κ2) is 10.8. The van der Waals surface area contributed by atoms with E-state index in [4.69, 9.17) is 19.9 Å². The summed E-state index contributed by atoms with van der Waals surface area (Å²) in [5.74, 6) is -0.712. The average molecular weight is 447 g/mol. The number of rotatable bonds is 7. The first-order chi connectivity index (χ1) is 13.4. The van der Waals surface area contributed by atoms with Crippen LogP contribution in [0.5, 0.6) is 0 Å². The lowest BCUT2D eigenvalue weighted by atomic mass is 10.2. The normalized spacial score (nSPS) is 28.3. The Kier molecular flexibility index (Phi) is 10.1. The SMILES string of the molecule is C=C[C@@H]1C[C@]1(N)C(=O)OCC.C=C[C@@H]1C[C@]1(NC(=O)OC(C)(C)C)C(=O)OCC.Cl. The molecule has 1 amide bonds. The van der Waals surface area contributed by atoms with Crippen LogP contribution in [0.4, 0.5) is 4.79 Å². The highest BCUT2D eigenvalue weighted by Crippen LogP contribution is 2.45. The van der Waals surface area contributed by atoms with E-state index in [0.29, 0.717) is 19.4 Å². The molecule has 3 N–H and O–H groups in total. The molecule has 0 aliphatic heterocycles. The molecule has 0 radical (unpaired) electrons. The van der Waals surface area contributed by atoms with Gasteiger partial charge < -0.3 is 25.3 Å². The molecule has 0 bridgehead atoms. The van der Waals surface area contributed by atoms with E-state index in [0.717, 1.165) is 0 Å². The Morgan fingerprint density at radius 2 is 1.53 bits per heavy atom. The maximum absolute atomic E-state index is 11.9. The molecular weight excluding hydrogens is 412 g/mol. The Hall–Kier alpha value is -2.06. The highest BCUT2D eigenvalue weighted by Gasteiger charge is 2.61. The fourth-order valence-corrected chi connectivity index (χ4v) is 2.85. The van der Waals surface area contributed by atoms with Crippen LogP contribution in [0.15, 0.2) is 25.3 Å². The van der Waals surface area contributed by atoms with Gasteiger partial charge in [-0.3, -0.25) is 4.79 Å². The molecule has 0 aromatic carbocycles. The van der Waals surface area contributed by atoms with E-state index in [1.54, 1.807) is 46.8 Å². The summed E-state index contributed by atoms with van der Waals surface area (Å²) in [4.78, 5) is 34.7. The van der Waals surface area contributed by atoms with Gasteiger partial charge in [-0.1, -0.05) is 12.2 Å². The fraction of sp³-hybridized carbons (Fsp3) is 0.667. The van der Waals surface area contributed by atoms with Crippen LogP contribution in [0.1, 0.15) is 47.5 Å². The molecule has 9 heteroatoms. The van der Waals surface area contributed by atoms with Crippen LogP contribution in [0, 0.1) is 11.8 Å². The number of carbonyl (C=O) groups excluding carboxylic acids is 3. The molecule has 8 nitrogen and oxygen atoms in total. The topological polar surface area (TPSA) is 117 Å². The molecule has 2 rings (SSSR count). The van der Waals surface area contributed by atoms with Gasteiger partial charge in [0.25, 0.3) is 0 Å². The molecule has 0 unspecified atom stereocenters. The molecule has 0 spiro atoms. The number of amides is 1. The number of nitrogens with two attached hydrogens (primary N) is 1. The quantitative estimate of drug-likeness (QED) is 0.350. The van der Waals surface area contributed by atoms with Gasteiger partial charge in [-0.25, -0.2) is 9.59 Å². The summed E-state index contributed by atoms with van der Waals surface area (Å²) in [6, 6.07) is 0. The molecule has 2 saturated carbocycles. The van der Waals surface area contributed by atoms with Crippen molar-refractivity contribution in [2.75, 3.05) is 13.2 Å². The summed E-state index contributed by atoms with van der Waals surface area (Å²) in [7, 11) is 0.